The minimum Gasteiger partial charge on any atom is -0.465 e. The molecule has 2 aromatic rings. The molecule has 21 heavy (non-hydrogen) atoms. The van der Waals surface area contributed by atoms with Crippen LogP contribution in [0.4, 0.5) is 0 Å². The van der Waals surface area contributed by atoms with Crippen molar-refractivity contribution in [2.75, 3.05) is 0 Å². The molecule has 7 heteroatoms. The Bertz CT molecular complexity index is 752. The van der Waals surface area contributed by atoms with Crippen LogP contribution in [0.15, 0.2) is 33.6 Å². The predicted octanol–water partition coefficient (Wildman–Crippen LogP) is 2.52. The highest BCUT2D eigenvalue weighted by Crippen LogP contribution is 2.26. The van der Waals surface area contributed by atoms with Crippen LogP contribution in [-0.2, 0) is 23.2 Å². The number of aryl methyl sites for hydroxylation is 2. The van der Waals surface area contributed by atoms with Gasteiger partial charge in [0.2, 0.25) is 10.0 Å². The first-order valence-corrected chi connectivity index (χ1v) is 8.15. The van der Waals surface area contributed by atoms with Crippen LogP contribution < -0.4 is 4.72 Å². The van der Waals surface area contributed by atoms with Crippen molar-refractivity contribution in [3.63, 3.8) is 0 Å². The summed E-state index contributed by atoms with van der Waals surface area (Å²) < 4.78 is 32.6. The molecule has 0 saturated heterocycles. The molecule has 1 aromatic heterocycles. The normalized spacial score (nSPS) is 11.8. The van der Waals surface area contributed by atoms with E-state index in [-0.39, 0.29) is 22.8 Å². The molecule has 0 saturated carbocycles. The van der Waals surface area contributed by atoms with Crippen LogP contribution in [0.5, 0.6) is 0 Å². The van der Waals surface area contributed by atoms with Crippen molar-refractivity contribution in [2.45, 2.75) is 31.9 Å². The van der Waals surface area contributed by atoms with Crippen molar-refractivity contribution >= 4 is 21.6 Å². The summed E-state index contributed by atoms with van der Waals surface area (Å²) in [6.45, 7) is 2.84. The van der Waals surface area contributed by atoms with Crippen molar-refractivity contribution < 1.29 is 17.9 Å². The maximum atomic E-state index is 12.4. The first-order valence-electron chi connectivity index (χ1n) is 6.29. The summed E-state index contributed by atoms with van der Waals surface area (Å²) in [4.78, 5) is -0.00504. The van der Waals surface area contributed by atoms with E-state index < -0.39 is 16.6 Å². The second kappa shape index (κ2) is 6.19. The molecule has 1 heterocycles. The van der Waals surface area contributed by atoms with Crippen molar-refractivity contribution in [1.29, 1.82) is 0 Å². The van der Waals surface area contributed by atoms with Crippen molar-refractivity contribution in [2.24, 2.45) is 0 Å². The largest absolute Gasteiger partial charge is 0.465 e. The fourth-order valence-electron chi connectivity index (χ4n) is 2.13. The molecule has 0 amide bonds. The van der Waals surface area contributed by atoms with E-state index in [1.165, 1.54) is 0 Å². The van der Waals surface area contributed by atoms with Gasteiger partial charge in [0.25, 0.3) is 0 Å². The molecular formula is C14H16ClNO4S. The van der Waals surface area contributed by atoms with Crippen molar-refractivity contribution in [3.8, 4) is 0 Å². The highest BCUT2D eigenvalue weighted by atomic mass is 35.5. The molecule has 0 aliphatic carbocycles. The quantitative estimate of drug-likeness (QED) is 0.883. The van der Waals surface area contributed by atoms with E-state index in [9.17, 15) is 13.5 Å². The summed E-state index contributed by atoms with van der Waals surface area (Å²) in [5.41, 5.74) is 0.949. The first-order chi connectivity index (χ1) is 9.86. The van der Waals surface area contributed by atoms with Crippen LogP contribution in [0, 0.1) is 13.8 Å². The van der Waals surface area contributed by atoms with Crippen LogP contribution in [0.25, 0.3) is 0 Å². The number of benzene rings is 1. The Labute approximate surface area is 128 Å². The Morgan fingerprint density at radius 3 is 2.52 bits per heavy atom. The van der Waals surface area contributed by atoms with Gasteiger partial charge in [0, 0.05) is 17.1 Å². The van der Waals surface area contributed by atoms with Gasteiger partial charge >= 0.3 is 0 Å². The third-order valence-electron chi connectivity index (χ3n) is 3.16. The molecule has 0 radical (unpaired) electrons. The zero-order valence-corrected chi connectivity index (χ0v) is 13.3. The molecule has 0 atom stereocenters. The summed E-state index contributed by atoms with van der Waals surface area (Å²) in [7, 11) is -3.79. The number of aliphatic hydroxyl groups is 1. The third-order valence-corrected chi connectivity index (χ3v) is 5.13. The maximum Gasteiger partial charge on any atom is 0.244 e. The summed E-state index contributed by atoms with van der Waals surface area (Å²) in [5, 5.41) is 9.82. The predicted molar refractivity (Wildman–Crippen MR) is 79.6 cm³/mol. The van der Waals surface area contributed by atoms with Gasteiger partial charge in [0.05, 0.1) is 6.61 Å². The average molecular weight is 330 g/mol. The smallest absolute Gasteiger partial charge is 0.244 e. The lowest BCUT2D eigenvalue weighted by Crippen LogP contribution is -2.24. The molecule has 1 aromatic carbocycles. The van der Waals surface area contributed by atoms with Gasteiger partial charge in [-0.25, -0.2) is 13.1 Å². The van der Waals surface area contributed by atoms with Crippen molar-refractivity contribution in [1.82, 2.24) is 4.72 Å². The van der Waals surface area contributed by atoms with E-state index in [1.807, 2.05) is 0 Å². The second-order valence-electron chi connectivity index (χ2n) is 4.60. The second-order valence-corrected chi connectivity index (χ2v) is 6.71. The number of sulfonamides is 1. The molecule has 0 aliphatic rings. The highest BCUT2D eigenvalue weighted by molar-refractivity contribution is 7.89. The third kappa shape index (κ3) is 3.29. The molecular weight excluding hydrogens is 314 g/mol. The summed E-state index contributed by atoms with van der Waals surface area (Å²) in [6.07, 6.45) is 0. The summed E-state index contributed by atoms with van der Waals surface area (Å²) >= 11 is 6.00. The topological polar surface area (TPSA) is 79.5 Å². The molecule has 2 N–H and O–H groups in total. The van der Waals surface area contributed by atoms with Crippen LogP contribution in [-0.4, -0.2) is 13.5 Å². The molecule has 0 fully saturated rings. The zero-order chi connectivity index (χ0) is 15.6. The van der Waals surface area contributed by atoms with Gasteiger partial charge < -0.3 is 9.52 Å². The highest BCUT2D eigenvalue weighted by Gasteiger charge is 2.26. The molecule has 2 rings (SSSR count). The molecule has 0 unspecified atom stereocenters. The van der Waals surface area contributed by atoms with Crippen LogP contribution >= 0.6 is 11.6 Å². The Balaban J connectivity index is 2.30. The fourth-order valence-corrected chi connectivity index (χ4v) is 3.78. The van der Waals surface area contributed by atoms with E-state index >= 15 is 0 Å². The number of halogens is 1. The maximum absolute atomic E-state index is 12.4. The van der Waals surface area contributed by atoms with Gasteiger partial charge in [-0.1, -0.05) is 29.8 Å². The van der Waals surface area contributed by atoms with E-state index in [0.29, 0.717) is 16.3 Å². The van der Waals surface area contributed by atoms with Crippen LogP contribution in [0.3, 0.4) is 0 Å². The number of furan rings is 1. The number of nitrogens with one attached hydrogen (secondary N) is 1. The van der Waals surface area contributed by atoms with Gasteiger partial charge in [-0.05, 0) is 25.5 Å². The van der Waals surface area contributed by atoms with Gasteiger partial charge in [-0.15, -0.1) is 0 Å². The van der Waals surface area contributed by atoms with E-state index in [1.54, 1.807) is 38.1 Å². The molecule has 0 spiro atoms. The summed E-state index contributed by atoms with van der Waals surface area (Å²) in [6, 6.07) is 6.98. The zero-order valence-electron chi connectivity index (χ0n) is 11.7. The van der Waals surface area contributed by atoms with E-state index in [2.05, 4.69) is 4.72 Å². The van der Waals surface area contributed by atoms with E-state index in [0.717, 1.165) is 0 Å². The van der Waals surface area contributed by atoms with Gasteiger partial charge in [0.1, 0.15) is 16.4 Å². The van der Waals surface area contributed by atoms with Gasteiger partial charge in [-0.3, -0.25) is 0 Å². The Hall–Kier alpha value is -1.34. The molecule has 0 bridgehead atoms. The van der Waals surface area contributed by atoms with Gasteiger partial charge in [0.15, 0.2) is 0 Å². The monoisotopic (exact) mass is 329 g/mol. The number of aliphatic hydroxyl groups excluding tert-OH is 1. The fraction of sp³-hybridized carbons (Fsp3) is 0.286. The SMILES string of the molecule is Cc1oc(C)c(S(=O)(=O)NCc2ccccc2Cl)c1CO. The Morgan fingerprint density at radius 2 is 1.90 bits per heavy atom. The lowest BCUT2D eigenvalue weighted by Gasteiger charge is -2.08. The first kappa shape index (κ1) is 16.0. The van der Waals surface area contributed by atoms with Gasteiger partial charge in [-0.2, -0.15) is 0 Å². The number of rotatable bonds is 5. The minimum absolute atomic E-state index is 0.00504. The lowest BCUT2D eigenvalue weighted by molar-refractivity contribution is 0.276. The van der Waals surface area contributed by atoms with Crippen LogP contribution in [0.2, 0.25) is 5.02 Å². The van der Waals surface area contributed by atoms with Crippen molar-refractivity contribution in [3.05, 3.63) is 51.9 Å². The number of hydrogen-bond donors (Lipinski definition) is 2. The van der Waals surface area contributed by atoms with E-state index in [4.69, 9.17) is 16.0 Å². The lowest BCUT2D eigenvalue weighted by atomic mass is 10.2. The minimum atomic E-state index is -3.79. The van der Waals surface area contributed by atoms with Crippen LogP contribution in [0.1, 0.15) is 22.6 Å². The molecule has 5 nitrogen and oxygen atoms in total. The average Bonchev–Trinajstić information content (AvgIpc) is 2.72. The Morgan fingerprint density at radius 1 is 1.24 bits per heavy atom. The standard InChI is InChI=1S/C14H16ClNO4S/c1-9-12(8-17)14(10(2)20-9)21(18,19)16-7-11-5-3-4-6-13(11)15/h3-6,16-17H,7-8H2,1-2H3. The summed E-state index contributed by atoms with van der Waals surface area (Å²) in [5.74, 6) is 0.649. The molecule has 0 aliphatic heterocycles. The number of hydrogen-bond acceptors (Lipinski definition) is 4. The molecule has 114 valence electrons. The Kier molecular flexibility index (Phi) is 4.73.